The first-order valence-electron chi connectivity index (χ1n) is 12.7. The molecule has 0 N–H and O–H groups in total. The van der Waals surface area contributed by atoms with Crippen LogP contribution >= 0.6 is 0 Å². The zero-order valence-corrected chi connectivity index (χ0v) is 23.3. The predicted molar refractivity (Wildman–Crippen MR) is 145 cm³/mol. The van der Waals surface area contributed by atoms with Gasteiger partial charge < -0.3 is 23.7 Å². The lowest BCUT2D eigenvalue weighted by Crippen LogP contribution is -2.15. The molecule has 0 saturated carbocycles. The van der Waals surface area contributed by atoms with Crippen LogP contribution in [0.3, 0.4) is 0 Å². The molecule has 0 spiro atoms. The number of esters is 5. The van der Waals surface area contributed by atoms with Crippen molar-refractivity contribution in [1.82, 2.24) is 0 Å². The van der Waals surface area contributed by atoms with Gasteiger partial charge >= 0.3 is 29.8 Å². The van der Waals surface area contributed by atoms with Crippen molar-refractivity contribution >= 4 is 35.6 Å². The van der Waals surface area contributed by atoms with Crippen LogP contribution in [0.15, 0.2) is 54.6 Å². The van der Waals surface area contributed by atoms with E-state index in [1.165, 1.54) is 65.0 Å². The molecule has 1 aliphatic rings. The lowest BCUT2D eigenvalue weighted by atomic mass is 9.81. The van der Waals surface area contributed by atoms with E-state index in [0.717, 1.165) is 0 Å². The first kappa shape index (κ1) is 29.7. The van der Waals surface area contributed by atoms with Crippen LogP contribution in [0.25, 0.3) is 0 Å². The van der Waals surface area contributed by atoms with Crippen LogP contribution in [-0.2, 0) is 24.0 Å². The third-order valence-corrected chi connectivity index (χ3v) is 6.11. The van der Waals surface area contributed by atoms with E-state index in [1.54, 1.807) is 24.3 Å². The van der Waals surface area contributed by atoms with Crippen molar-refractivity contribution in [2.45, 2.75) is 46.5 Å². The van der Waals surface area contributed by atoms with E-state index in [2.05, 4.69) is 0 Å². The molecule has 42 heavy (non-hydrogen) atoms. The Hall–Kier alpha value is -5.32. The molecule has 11 nitrogen and oxygen atoms in total. The molecule has 0 unspecified atom stereocenters. The normalized spacial score (nSPS) is 15.3. The van der Waals surface area contributed by atoms with Crippen LogP contribution in [0.4, 0.5) is 0 Å². The zero-order chi connectivity index (χ0) is 30.7. The van der Waals surface area contributed by atoms with E-state index >= 15 is 0 Å². The summed E-state index contributed by atoms with van der Waals surface area (Å²) >= 11 is 0. The van der Waals surface area contributed by atoms with Crippen LogP contribution in [0.5, 0.6) is 28.7 Å². The Balaban J connectivity index is 1.98. The lowest BCUT2D eigenvalue weighted by molar-refractivity contribution is -0.133. The third-order valence-electron chi connectivity index (χ3n) is 6.11. The average Bonchev–Trinajstić information content (AvgIpc) is 3.15. The van der Waals surface area contributed by atoms with E-state index in [4.69, 9.17) is 23.7 Å². The van der Waals surface area contributed by atoms with Gasteiger partial charge in [-0.05, 0) is 41.5 Å². The van der Waals surface area contributed by atoms with Crippen molar-refractivity contribution in [2.75, 3.05) is 0 Å². The molecule has 0 radical (unpaired) electrons. The summed E-state index contributed by atoms with van der Waals surface area (Å²) in [6.45, 7) is 6.04. The highest BCUT2D eigenvalue weighted by molar-refractivity contribution is 6.08. The second kappa shape index (κ2) is 12.0. The Kier molecular flexibility index (Phi) is 8.51. The molecule has 0 aromatic heterocycles. The molecule has 4 rings (SSSR count). The molecule has 3 aromatic carbocycles. The van der Waals surface area contributed by atoms with E-state index in [-0.39, 0.29) is 34.3 Å². The Morgan fingerprint density at radius 2 is 0.952 bits per heavy atom. The Bertz CT molecular complexity index is 1580. The van der Waals surface area contributed by atoms with Crippen molar-refractivity contribution in [3.05, 3.63) is 76.9 Å². The molecule has 0 amide bonds. The van der Waals surface area contributed by atoms with Crippen molar-refractivity contribution in [3.8, 4) is 28.7 Å². The number of hydrogen-bond acceptors (Lipinski definition) is 11. The quantitative estimate of drug-likeness (QED) is 0.291. The Morgan fingerprint density at radius 1 is 0.500 bits per heavy atom. The summed E-state index contributed by atoms with van der Waals surface area (Å²) in [5.41, 5.74) is 1.35. The smallest absolute Gasteiger partial charge is 0.308 e. The molecule has 216 valence electrons. The summed E-state index contributed by atoms with van der Waals surface area (Å²) in [5.74, 6) is -5.03. The van der Waals surface area contributed by atoms with Crippen LogP contribution < -0.4 is 23.7 Å². The molecule has 0 saturated heterocycles. The number of ether oxygens (including phenoxy) is 5. The highest BCUT2D eigenvalue weighted by Crippen LogP contribution is 2.53. The maximum absolute atomic E-state index is 14.2. The highest BCUT2D eigenvalue weighted by atomic mass is 16.6. The molecule has 0 fully saturated rings. The average molecular weight is 575 g/mol. The van der Waals surface area contributed by atoms with Gasteiger partial charge in [-0.2, -0.15) is 0 Å². The third kappa shape index (κ3) is 6.69. The molecular weight excluding hydrogens is 548 g/mol. The molecule has 0 aliphatic heterocycles. The van der Waals surface area contributed by atoms with Gasteiger partial charge in [-0.25, -0.2) is 0 Å². The van der Waals surface area contributed by atoms with Crippen molar-refractivity contribution in [3.63, 3.8) is 0 Å². The number of carbonyl (C=O) groups is 6. The summed E-state index contributed by atoms with van der Waals surface area (Å²) in [5, 5.41) is 0. The van der Waals surface area contributed by atoms with Gasteiger partial charge in [-0.3, -0.25) is 28.8 Å². The number of carbonyl (C=O) groups excluding carboxylic acids is 6. The number of Topliss-reactive ketones (excluding diaryl/α,β-unsaturated/α-hetero) is 1. The number of hydrogen-bond donors (Lipinski definition) is 0. The van der Waals surface area contributed by atoms with E-state index in [9.17, 15) is 28.8 Å². The summed E-state index contributed by atoms with van der Waals surface area (Å²) in [4.78, 5) is 73.0. The predicted octanol–water partition coefficient (Wildman–Crippen LogP) is 4.43. The fourth-order valence-corrected chi connectivity index (χ4v) is 4.91. The van der Waals surface area contributed by atoms with Gasteiger partial charge in [0.25, 0.3) is 0 Å². The van der Waals surface area contributed by atoms with Gasteiger partial charge in [-0.15, -0.1) is 0 Å². The molecular formula is C31H26O11. The van der Waals surface area contributed by atoms with Crippen molar-refractivity contribution in [1.29, 1.82) is 0 Å². The first-order valence-corrected chi connectivity index (χ1v) is 12.7. The molecule has 0 heterocycles. The molecule has 1 aliphatic carbocycles. The molecule has 11 heteroatoms. The van der Waals surface area contributed by atoms with Crippen LogP contribution in [0, 0.1) is 0 Å². The number of ketones is 1. The van der Waals surface area contributed by atoms with Crippen LogP contribution in [0.2, 0.25) is 0 Å². The minimum atomic E-state index is -1.01. The van der Waals surface area contributed by atoms with Crippen LogP contribution in [0.1, 0.15) is 73.5 Å². The monoisotopic (exact) mass is 574 g/mol. The van der Waals surface area contributed by atoms with Gasteiger partial charge in [0.15, 0.2) is 5.78 Å². The second-order valence-corrected chi connectivity index (χ2v) is 9.48. The lowest BCUT2D eigenvalue weighted by Gasteiger charge is -2.23. The maximum atomic E-state index is 14.2. The van der Waals surface area contributed by atoms with Gasteiger partial charge in [-0.1, -0.05) is 12.1 Å². The second-order valence-electron chi connectivity index (χ2n) is 9.48. The zero-order valence-electron chi connectivity index (χ0n) is 23.3. The first-order chi connectivity index (χ1) is 19.8. The van der Waals surface area contributed by atoms with Gasteiger partial charge in [0, 0.05) is 63.8 Å². The Morgan fingerprint density at radius 3 is 1.43 bits per heavy atom. The Labute approximate surface area is 240 Å². The standard InChI is InChI=1S/C31H26O11/c1-15(32)38-22-8-6-20(7-9-22)28-29(21-10-23(39-16(2)33)12-24(11-21)40-17(3)34)31(37)26-13-25(41-18(4)35)14-27(30(26)28)42-19(5)36/h6-14,28-29H,1-5H3/t28-,29+/m1/s1. The van der Waals surface area contributed by atoms with Crippen molar-refractivity contribution < 1.29 is 52.5 Å². The van der Waals surface area contributed by atoms with E-state index in [1.807, 2.05) is 0 Å². The van der Waals surface area contributed by atoms with Crippen LogP contribution in [-0.4, -0.2) is 35.6 Å². The highest BCUT2D eigenvalue weighted by Gasteiger charge is 2.45. The summed E-state index contributed by atoms with van der Waals surface area (Å²) in [7, 11) is 0. The van der Waals surface area contributed by atoms with Crippen molar-refractivity contribution in [2.24, 2.45) is 0 Å². The largest absolute Gasteiger partial charge is 0.427 e. The SMILES string of the molecule is CC(=O)Oc1ccc([C@H]2c3c(OC(C)=O)cc(OC(C)=O)cc3C(=O)[C@H]2c2cc(OC(C)=O)cc(OC(C)=O)c2)cc1. The fourth-order valence-electron chi connectivity index (χ4n) is 4.91. The van der Waals surface area contributed by atoms with E-state index < -0.39 is 47.5 Å². The van der Waals surface area contributed by atoms with Gasteiger partial charge in [0.1, 0.15) is 28.7 Å². The minimum Gasteiger partial charge on any atom is -0.427 e. The minimum absolute atomic E-state index is 0.00230. The molecule has 0 bridgehead atoms. The fraction of sp³-hybridized carbons (Fsp3) is 0.226. The number of benzene rings is 3. The summed E-state index contributed by atoms with van der Waals surface area (Å²) in [6, 6.07) is 13.4. The van der Waals surface area contributed by atoms with Gasteiger partial charge in [0.2, 0.25) is 0 Å². The molecule has 3 aromatic rings. The maximum Gasteiger partial charge on any atom is 0.308 e. The molecule has 2 atom stereocenters. The number of rotatable bonds is 7. The number of fused-ring (bicyclic) bond motifs is 1. The summed E-state index contributed by atoms with van der Waals surface area (Å²) < 4.78 is 26.4. The van der Waals surface area contributed by atoms with E-state index in [0.29, 0.717) is 16.7 Å². The topological polar surface area (TPSA) is 149 Å². The summed E-state index contributed by atoms with van der Waals surface area (Å²) in [6.07, 6.45) is 0. The van der Waals surface area contributed by atoms with Gasteiger partial charge in [0.05, 0.1) is 5.92 Å².